The molecule has 0 bridgehead atoms. The van der Waals surface area contributed by atoms with E-state index in [0.29, 0.717) is 35.6 Å². The Balaban J connectivity index is 1.82. The van der Waals surface area contributed by atoms with Crippen molar-refractivity contribution < 1.29 is 0 Å². The van der Waals surface area contributed by atoms with Gasteiger partial charge in [-0.2, -0.15) is 5.10 Å². The van der Waals surface area contributed by atoms with Gasteiger partial charge >= 0.3 is 0 Å². The predicted molar refractivity (Wildman–Crippen MR) is 80.0 cm³/mol. The summed E-state index contributed by atoms with van der Waals surface area (Å²) in [6.07, 6.45) is 7.27. The Bertz CT molecular complexity index is 540. The van der Waals surface area contributed by atoms with Crippen LogP contribution in [0.3, 0.4) is 0 Å². The van der Waals surface area contributed by atoms with Gasteiger partial charge in [0.15, 0.2) is 0 Å². The third-order valence-electron chi connectivity index (χ3n) is 4.42. The van der Waals surface area contributed by atoms with Gasteiger partial charge in [0.05, 0.1) is 11.2 Å². The van der Waals surface area contributed by atoms with Crippen LogP contribution in [0.2, 0.25) is 5.02 Å². The zero-order valence-corrected chi connectivity index (χ0v) is 12.3. The van der Waals surface area contributed by atoms with Gasteiger partial charge in [0.1, 0.15) is 5.69 Å². The molecule has 3 N–H and O–H groups in total. The van der Waals surface area contributed by atoms with E-state index in [4.69, 9.17) is 17.3 Å². The number of nitrogens with one attached hydrogen (secondary N) is 1. The molecular weight excluding hydrogens is 276 g/mol. The van der Waals surface area contributed by atoms with Crippen LogP contribution in [0.15, 0.2) is 11.0 Å². The Morgan fingerprint density at radius 2 is 2.20 bits per heavy atom. The summed E-state index contributed by atoms with van der Waals surface area (Å²) in [6.45, 7) is 1.35. The Hall–Kier alpha value is -1.07. The predicted octanol–water partition coefficient (Wildman–Crippen LogP) is 1.85. The molecule has 0 aromatic carbocycles. The van der Waals surface area contributed by atoms with Crippen molar-refractivity contribution in [3.05, 3.63) is 21.6 Å². The summed E-state index contributed by atoms with van der Waals surface area (Å²) in [5, 5.41) is 7.87. The van der Waals surface area contributed by atoms with Crippen molar-refractivity contribution in [1.82, 2.24) is 9.78 Å². The number of halogens is 1. The average molecular weight is 297 g/mol. The molecule has 2 unspecified atom stereocenters. The first-order valence-electron chi connectivity index (χ1n) is 7.41. The monoisotopic (exact) mass is 296 g/mol. The lowest BCUT2D eigenvalue weighted by Crippen LogP contribution is -2.34. The second-order valence-electron chi connectivity index (χ2n) is 5.98. The summed E-state index contributed by atoms with van der Waals surface area (Å²) >= 11 is 6.15. The Labute approximate surface area is 123 Å². The highest BCUT2D eigenvalue weighted by atomic mass is 35.5. The highest BCUT2D eigenvalue weighted by Gasteiger charge is 2.28. The van der Waals surface area contributed by atoms with Crippen LogP contribution in [-0.4, -0.2) is 22.4 Å². The molecule has 20 heavy (non-hydrogen) atoms. The van der Waals surface area contributed by atoms with E-state index < -0.39 is 0 Å². The van der Waals surface area contributed by atoms with Crippen molar-refractivity contribution in [3.8, 4) is 0 Å². The quantitative estimate of drug-likeness (QED) is 0.870. The molecule has 0 spiro atoms. The van der Waals surface area contributed by atoms with Crippen molar-refractivity contribution in [1.29, 1.82) is 0 Å². The summed E-state index contributed by atoms with van der Waals surface area (Å²) < 4.78 is 1.54. The summed E-state index contributed by atoms with van der Waals surface area (Å²) in [7, 11) is 0. The van der Waals surface area contributed by atoms with Gasteiger partial charge in [-0.05, 0) is 44.1 Å². The molecule has 2 saturated carbocycles. The number of aromatic nitrogens is 2. The van der Waals surface area contributed by atoms with Crippen molar-refractivity contribution in [2.75, 3.05) is 11.9 Å². The van der Waals surface area contributed by atoms with Crippen LogP contribution in [0, 0.1) is 11.8 Å². The number of rotatable bonds is 5. The third kappa shape index (κ3) is 2.83. The average Bonchev–Trinajstić information content (AvgIpc) is 3.14. The molecule has 2 atom stereocenters. The van der Waals surface area contributed by atoms with Crippen molar-refractivity contribution >= 4 is 17.3 Å². The van der Waals surface area contributed by atoms with Gasteiger partial charge in [0.2, 0.25) is 0 Å². The normalized spacial score (nSPS) is 25.9. The van der Waals surface area contributed by atoms with E-state index in [9.17, 15) is 4.79 Å². The summed E-state index contributed by atoms with van der Waals surface area (Å²) in [5.74, 6) is 1.04. The van der Waals surface area contributed by atoms with Crippen LogP contribution in [0.1, 0.15) is 32.1 Å². The third-order valence-corrected chi connectivity index (χ3v) is 4.70. The van der Waals surface area contributed by atoms with E-state index in [-0.39, 0.29) is 11.6 Å². The molecule has 0 radical (unpaired) electrons. The Morgan fingerprint density at radius 1 is 1.40 bits per heavy atom. The van der Waals surface area contributed by atoms with Gasteiger partial charge in [-0.1, -0.05) is 18.0 Å². The van der Waals surface area contributed by atoms with Gasteiger partial charge < -0.3 is 11.1 Å². The van der Waals surface area contributed by atoms with E-state index in [1.807, 2.05) is 0 Å². The maximum Gasteiger partial charge on any atom is 0.291 e. The van der Waals surface area contributed by atoms with Crippen molar-refractivity contribution in [2.45, 2.75) is 44.7 Å². The zero-order valence-electron chi connectivity index (χ0n) is 11.5. The molecule has 5 nitrogen and oxygen atoms in total. The van der Waals surface area contributed by atoms with Crippen LogP contribution in [-0.2, 0) is 6.54 Å². The number of nitrogens with two attached hydrogens (primary N) is 1. The van der Waals surface area contributed by atoms with Crippen molar-refractivity contribution in [2.24, 2.45) is 17.6 Å². The van der Waals surface area contributed by atoms with Crippen LogP contribution < -0.4 is 16.6 Å². The SMILES string of the molecule is NCC1CCCC1Nc1c(Cl)cnn(CC2CC2)c1=O. The largest absolute Gasteiger partial charge is 0.376 e. The number of hydrogen-bond donors (Lipinski definition) is 2. The van der Waals surface area contributed by atoms with Gasteiger partial charge in [0.25, 0.3) is 5.56 Å². The van der Waals surface area contributed by atoms with E-state index in [0.717, 1.165) is 19.3 Å². The Kier molecular flexibility index (Phi) is 3.98. The van der Waals surface area contributed by atoms with Crippen LogP contribution >= 0.6 is 11.6 Å². The summed E-state index contributed by atoms with van der Waals surface area (Å²) in [4.78, 5) is 12.5. The maximum atomic E-state index is 12.5. The molecule has 0 aliphatic heterocycles. The molecule has 3 rings (SSSR count). The fourth-order valence-electron chi connectivity index (χ4n) is 2.97. The molecule has 0 saturated heterocycles. The molecule has 1 aromatic heterocycles. The molecular formula is C14H21ClN4O. The van der Waals surface area contributed by atoms with Gasteiger partial charge in [-0.15, -0.1) is 0 Å². The van der Waals surface area contributed by atoms with E-state index in [2.05, 4.69) is 10.4 Å². The zero-order chi connectivity index (χ0) is 14.1. The lowest BCUT2D eigenvalue weighted by molar-refractivity contribution is 0.510. The van der Waals surface area contributed by atoms with Crippen LogP contribution in [0.4, 0.5) is 5.69 Å². The number of anilines is 1. The van der Waals surface area contributed by atoms with Crippen LogP contribution in [0.5, 0.6) is 0 Å². The van der Waals surface area contributed by atoms with E-state index >= 15 is 0 Å². The number of nitrogens with zero attached hydrogens (tertiary/aromatic N) is 2. The minimum absolute atomic E-state index is 0.105. The molecule has 2 fully saturated rings. The minimum atomic E-state index is -0.105. The first kappa shape index (κ1) is 13.9. The lowest BCUT2D eigenvalue weighted by Gasteiger charge is -2.21. The molecule has 1 heterocycles. The molecule has 2 aliphatic carbocycles. The second-order valence-corrected chi connectivity index (χ2v) is 6.38. The molecule has 2 aliphatic rings. The molecule has 110 valence electrons. The molecule has 6 heteroatoms. The fourth-order valence-corrected chi connectivity index (χ4v) is 3.15. The van der Waals surface area contributed by atoms with E-state index in [1.165, 1.54) is 17.5 Å². The Morgan fingerprint density at radius 3 is 2.90 bits per heavy atom. The summed E-state index contributed by atoms with van der Waals surface area (Å²) in [6, 6.07) is 0.252. The second kappa shape index (κ2) is 5.74. The highest BCUT2D eigenvalue weighted by Crippen LogP contribution is 2.31. The first-order chi connectivity index (χ1) is 9.69. The first-order valence-corrected chi connectivity index (χ1v) is 7.79. The highest BCUT2D eigenvalue weighted by molar-refractivity contribution is 6.33. The maximum absolute atomic E-state index is 12.5. The smallest absolute Gasteiger partial charge is 0.291 e. The van der Waals surface area contributed by atoms with Gasteiger partial charge in [-0.25, -0.2) is 4.68 Å². The van der Waals surface area contributed by atoms with E-state index in [1.54, 1.807) is 6.20 Å². The van der Waals surface area contributed by atoms with Crippen LogP contribution in [0.25, 0.3) is 0 Å². The lowest BCUT2D eigenvalue weighted by atomic mass is 10.0. The standard InChI is InChI=1S/C14H21ClN4O/c15-11-7-17-19(8-9-4-5-9)14(20)13(11)18-12-3-1-2-10(12)6-16/h7,9-10,12,18H,1-6,8,16H2. The topological polar surface area (TPSA) is 72.9 Å². The minimum Gasteiger partial charge on any atom is -0.376 e. The van der Waals surface area contributed by atoms with Gasteiger partial charge in [-0.3, -0.25) is 4.79 Å². The molecule has 1 aromatic rings. The fraction of sp³-hybridized carbons (Fsp3) is 0.714. The van der Waals surface area contributed by atoms with Gasteiger partial charge in [0, 0.05) is 12.6 Å². The van der Waals surface area contributed by atoms with Crippen molar-refractivity contribution in [3.63, 3.8) is 0 Å². The number of hydrogen-bond acceptors (Lipinski definition) is 4. The molecule has 0 amide bonds. The summed E-state index contributed by atoms with van der Waals surface area (Å²) in [5.41, 5.74) is 6.18.